The van der Waals surface area contributed by atoms with Crippen LogP contribution in [0, 0.1) is 17.9 Å². The SMILES string of the molecule is [C-]#[N+]c1cccc(C#N)c1-c1ccc2c(c1)c1ccccc1n2-c1ccc2sc3ccccc3c2c1. The molecule has 0 aliphatic rings. The van der Waals surface area contributed by atoms with Gasteiger partial charge in [0.1, 0.15) is 0 Å². The molecule has 0 amide bonds. The van der Waals surface area contributed by atoms with Gasteiger partial charge in [0.15, 0.2) is 5.69 Å². The van der Waals surface area contributed by atoms with E-state index in [1.807, 2.05) is 17.4 Å². The highest BCUT2D eigenvalue weighted by Crippen LogP contribution is 2.40. The van der Waals surface area contributed by atoms with Gasteiger partial charge in [0.05, 0.1) is 23.7 Å². The summed E-state index contributed by atoms with van der Waals surface area (Å²) in [6.07, 6.45) is 0. The van der Waals surface area contributed by atoms with Crippen molar-refractivity contribution in [1.29, 1.82) is 5.26 Å². The molecule has 4 heteroatoms. The first kappa shape index (κ1) is 20.5. The van der Waals surface area contributed by atoms with Crippen LogP contribution < -0.4 is 0 Å². The van der Waals surface area contributed by atoms with Crippen molar-refractivity contribution in [3.63, 3.8) is 0 Å². The van der Waals surface area contributed by atoms with Crippen LogP contribution in [0.4, 0.5) is 5.69 Å². The number of para-hydroxylation sites is 1. The van der Waals surface area contributed by atoms with Gasteiger partial charge in [-0.1, -0.05) is 54.6 Å². The molecule has 0 bridgehead atoms. The second-order valence-electron chi connectivity index (χ2n) is 8.79. The zero-order valence-electron chi connectivity index (χ0n) is 19.1. The van der Waals surface area contributed by atoms with Gasteiger partial charge in [-0.3, -0.25) is 0 Å². The van der Waals surface area contributed by atoms with Crippen molar-refractivity contribution in [2.45, 2.75) is 0 Å². The summed E-state index contributed by atoms with van der Waals surface area (Å²) in [6.45, 7) is 7.64. The topological polar surface area (TPSA) is 33.1 Å². The lowest BCUT2D eigenvalue weighted by molar-refractivity contribution is 1.19. The maximum Gasteiger partial charge on any atom is 0.196 e. The number of benzene rings is 5. The quantitative estimate of drug-likeness (QED) is 0.229. The lowest BCUT2D eigenvalue weighted by Gasteiger charge is -2.10. The van der Waals surface area contributed by atoms with E-state index in [9.17, 15) is 5.26 Å². The molecule has 0 unspecified atom stereocenters. The Balaban J connectivity index is 1.53. The Morgan fingerprint density at radius 2 is 1.47 bits per heavy atom. The third-order valence-electron chi connectivity index (χ3n) is 6.86. The Kier molecular flexibility index (Phi) is 4.45. The Labute approximate surface area is 211 Å². The average Bonchev–Trinajstić information content (AvgIpc) is 3.47. The van der Waals surface area contributed by atoms with Crippen LogP contribution in [0.1, 0.15) is 5.56 Å². The number of aromatic nitrogens is 1. The minimum absolute atomic E-state index is 0.493. The van der Waals surface area contributed by atoms with Gasteiger partial charge in [0, 0.05) is 47.8 Å². The Hall–Kier alpha value is -4.90. The minimum Gasteiger partial charge on any atom is -0.309 e. The normalized spacial score (nSPS) is 11.3. The fraction of sp³-hybridized carbons (Fsp3) is 0. The number of nitrogens with zero attached hydrogens (tertiary/aromatic N) is 3. The predicted octanol–water partition coefficient (Wildman–Crippen LogP) is 9.24. The van der Waals surface area contributed by atoms with Gasteiger partial charge >= 0.3 is 0 Å². The van der Waals surface area contributed by atoms with E-state index in [4.69, 9.17) is 6.57 Å². The number of fused-ring (bicyclic) bond motifs is 6. The second kappa shape index (κ2) is 7.82. The molecular formula is C32H17N3S. The van der Waals surface area contributed by atoms with E-state index >= 15 is 0 Å². The molecule has 5 aromatic carbocycles. The van der Waals surface area contributed by atoms with Crippen molar-refractivity contribution < 1.29 is 0 Å². The molecule has 7 aromatic rings. The molecule has 0 aliphatic heterocycles. The van der Waals surface area contributed by atoms with Crippen molar-refractivity contribution in [3.8, 4) is 22.9 Å². The second-order valence-corrected chi connectivity index (χ2v) is 9.87. The molecule has 36 heavy (non-hydrogen) atoms. The first-order chi connectivity index (χ1) is 17.8. The van der Waals surface area contributed by atoms with Gasteiger partial charge in [-0.25, -0.2) is 4.85 Å². The average molecular weight is 476 g/mol. The summed E-state index contributed by atoms with van der Waals surface area (Å²) in [5.41, 5.74) is 5.92. The highest BCUT2D eigenvalue weighted by molar-refractivity contribution is 7.25. The molecule has 2 aromatic heterocycles. The van der Waals surface area contributed by atoms with Crippen LogP contribution in [0.2, 0.25) is 0 Å². The summed E-state index contributed by atoms with van der Waals surface area (Å²) in [4.78, 5) is 3.69. The lowest BCUT2D eigenvalue weighted by atomic mass is 9.97. The smallest absolute Gasteiger partial charge is 0.196 e. The zero-order chi connectivity index (χ0) is 24.2. The number of thiophene rings is 1. The Morgan fingerprint density at radius 3 is 2.33 bits per heavy atom. The molecule has 0 N–H and O–H groups in total. The van der Waals surface area contributed by atoms with E-state index in [1.54, 1.807) is 18.2 Å². The number of nitriles is 1. The van der Waals surface area contributed by atoms with Gasteiger partial charge < -0.3 is 4.57 Å². The molecular weight excluding hydrogens is 458 g/mol. The molecule has 0 fully saturated rings. The molecule has 7 rings (SSSR count). The van der Waals surface area contributed by atoms with Crippen LogP contribution in [-0.2, 0) is 0 Å². The van der Waals surface area contributed by atoms with Crippen LogP contribution in [0.15, 0.2) is 103 Å². The van der Waals surface area contributed by atoms with E-state index in [0.717, 1.165) is 33.1 Å². The van der Waals surface area contributed by atoms with Crippen molar-refractivity contribution in [2.24, 2.45) is 0 Å². The molecule has 0 saturated carbocycles. The van der Waals surface area contributed by atoms with Crippen molar-refractivity contribution in [2.75, 3.05) is 0 Å². The van der Waals surface area contributed by atoms with Gasteiger partial charge in [-0.05, 0) is 54.1 Å². The largest absolute Gasteiger partial charge is 0.309 e. The highest BCUT2D eigenvalue weighted by atomic mass is 32.1. The van der Waals surface area contributed by atoms with Gasteiger partial charge in [0.2, 0.25) is 0 Å². The van der Waals surface area contributed by atoms with Gasteiger partial charge in [-0.15, -0.1) is 11.3 Å². The molecule has 0 atom stereocenters. The molecule has 0 aliphatic carbocycles. The summed E-state index contributed by atoms with van der Waals surface area (Å²) < 4.78 is 4.89. The van der Waals surface area contributed by atoms with Crippen LogP contribution >= 0.6 is 11.3 Å². The molecule has 2 heterocycles. The van der Waals surface area contributed by atoms with Crippen LogP contribution in [0.25, 0.3) is 63.6 Å². The maximum atomic E-state index is 9.73. The molecule has 0 saturated heterocycles. The summed E-state index contributed by atoms with van der Waals surface area (Å²) in [6, 6.07) is 37.5. The van der Waals surface area contributed by atoms with Gasteiger partial charge in [-0.2, -0.15) is 5.26 Å². The van der Waals surface area contributed by atoms with E-state index < -0.39 is 0 Å². The summed E-state index contributed by atoms with van der Waals surface area (Å²) >= 11 is 1.82. The maximum absolute atomic E-state index is 9.73. The number of rotatable bonds is 2. The third-order valence-corrected chi connectivity index (χ3v) is 8.01. The van der Waals surface area contributed by atoms with Gasteiger partial charge in [0.25, 0.3) is 0 Å². The molecule has 0 radical (unpaired) electrons. The van der Waals surface area contributed by atoms with Crippen molar-refractivity contribution in [1.82, 2.24) is 4.57 Å². The molecule has 0 spiro atoms. The fourth-order valence-electron chi connectivity index (χ4n) is 5.29. The van der Waals surface area contributed by atoms with E-state index in [-0.39, 0.29) is 0 Å². The zero-order valence-corrected chi connectivity index (χ0v) is 19.9. The summed E-state index contributed by atoms with van der Waals surface area (Å²) in [5.74, 6) is 0. The van der Waals surface area contributed by atoms with Crippen molar-refractivity contribution >= 4 is 59.0 Å². The van der Waals surface area contributed by atoms with Crippen LogP contribution in [0.5, 0.6) is 0 Å². The highest BCUT2D eigenvalue weighted by Gasteiger charge is 2.17. The standard InChI is InChI=1S/C32H17N3S/c1-34-27-10-6-7-21(19-33)32(27)20-13-15-29-25(17-20)23-8-2-4-11-28(23)35(29)22-14-16-31-26(18-22)24-9-3-5-12-30(24)36-31/h2-18H. The monoisotopic (exact) mass is 475 g/mol. The minimum atomic E-state index is 0.493. The third kappa shape index (κ3) is 2.89. The summed E-state index contributed by atoms with van der Waals surface area (Å²) in [5, 5.41) is 14.5. The molecule has 3 nitrogen and oxygen atoms in total. The summed E-state index contributed by atoms with van der Waals surface area (Å²) in [7, 11) is 0. The predicted molar refractivity (Wildman–Crippen MR) is 150 cm³/mol. The number of hydrogen-bond acceptors (Lipinski definition) is 2. The first-order valence-electron chi connectivity index (χ1n) is 11.6. The lowest BCUT2D eigenvalue weighted by Crippen LogP contribution is -1.93. The van der Waals surface area contributed by atoms with E-state index in [1.165, 1.54) is 20.2 Å². The fourth-order valence-corrected chi connectivity index (χ4v) is 6.38. The van der Waals surface area contributed by atoms with Crippen molar-refractivity contribution in [3.05, 3.63) is 120 Å². The van der Waals surface area contributed by atoms with E-state index in [2.05, 4.69) is 94.3 Å². The van der Waals surface area contributed by atoms with Crippen LogP contribution in [-0.4, -0.2) is 4.57 Å². The van der Waals surface area contributed by atoms with E-state index in [0.29, 0.717) is 16.8 Å². The number of hydrogen-bond donors (Lipinski definition) is 0. The Bertz CT molecular complexity index is 2050. The molecule has 166 valence electrons. The Morgan fingerprint density at radius 1 is 0.694 bits per heavy atom. The van der Waals surface area contributed by atoms with Crippen LogP contribution in [0.3, 0.4) is 0 Å². The first-order valence-corrected chi connectivity index (χ1v) is 12.4.